The SMILES string of the molecule is CCCC(CC)NC(=O)c1cc(N)ccc1N(C)C. The van der Waals surface area contributed by atoms with E-state index in [4.69, 9.17) is 5.73 Å². The van der Waals surface area contributed by atoms with Gasteiger partial charge in [-0.15, -0.1) is 0 Å². The van der Waals surface area contributed by atoms with E-state index in [1.807, 2.05) is 31.1 Å². The molecule has 0 aromatic heterocycles. The molecule has 0 aliphatic heterocycles. The van der Waals surface area contributed by atoms with Gasteiger partial charge in [0, 0.05) is 31.5 Å². The summed E-state index contributed by atoms with van der Waals surface area (Å²) in [4.78, 5) is 14.3. The molecule has 1 atom stereocenters. The van der Waals surface area contributed by atoms with Gasteiger partial charge in [-0.25, -0.2) is 0 Å². The molecule has 1 amide bonds. The monoisotopic (exact) mass is 263 g/mol. The summed E-state index contributed by atoms with van der Waals surface area (Å²) in [5.41, 5.74) is 7.92. The van der Waals surface area contributed by atoms with Crippen molar-refractivity contribution in [3.63, 3.8) is 0 Å². The summed E-state index contributed by atoms with van der Waals surface area (Å²) in [7, 11) is 3.84. The first-order chi connectivity index (χ1) is 8.99. The largest absolute Gasteiger partial charge is 0.399 e. The van der Waals surface area contributed by atoms with Gasteiger partial charge < -0.3 is 16.0 Å². The number of nitrogens with zero attached hydrogens (tertiary/aromatic N) is 1. The first-order valence-electron chi connectivity index (χ1n) is 6.87. The highest BCUT2D eigenvalue weighted by Crippen LogP contribution is 2.21. The number of nitrogens with one attached hydrogen (secondary N) is 1. The predicted octanol–water partition coefficient (Wildman–Crippen LogP) is 2.64. The summed E-state index contributed by atoms with van der Waals surface area (Å²) < 4.78 is 0. The molecule has 0 saturated carbocycles. The van der Waals surface area contributed by atoms with Crippen LogP contribution in [0.25, 0.3) is 0 Å². The van der Waals surface area contributed by atoms with Gasteiger partial charge in [-0.2, -0.15) is 0 Å². The number of amides is 1. The second kappa shape index (κ2) is 7.02. The Hall–Kier alpha value is -1.71. The molecule has 0 bridgehead atoms. The Morgan fingerprint density at radius 1 is 1.37 bits per heavy atom. The van der Waals surface area contributed by atoms with E-state index in [1.54, 1.807) is 6.07 Å². The standard InChI is InChI=1S/C15H25N3O/c1-5-7-12(6-2)17-15(19)13-10-11(16)8-9-14(13)18(3)4/h8-10,12H,5-7,16H2,1-4H3,(H,17,19). The lowest BCUT2D eigenvalue weighted by molar-refractivity contribution is 0.0934. The average molecular weight is 263 g/mol. The van der Waals surface area contributed by atoms with Crippen molar-refractivity contribution < 1.29 is 4.79 Å². The topological polar surface area (TPSA) is 58.4 Å². The lowest BCUT2D eigenvalue weighted by Gasteiger charge is -2.20. The summed E-state index contributed by atoms with van der Waals surface area (Å²) in [6.07, 6.45) is 3.01. The molecule has 3 N–H and O–H groups in total. The van der Waals surface area contributed by atoms with Crippen LogP contribution in [-0.2, 0) is 0 Å². The zero-order valence-corrected chi connectivity index (χ0v) is 12.4. The maximum absolute atomic E-state index is 12.4. The highest BCUT2D eigenvalue weighted by atomic mass is 16.1. The molecule has 0 aliphatic rings. The fraction of sp³-hybridized carbons (Fsp3) is 0.533. The Kier molecular flexibility index (Phi) is 5.67. The minimum absolute atomic E-state index is 0.0451. The summed E-state index contributed by atoms with van der Waals surface area (Å²) in [6, 6.07) is 5.66. The molecular formula is C15H25N3O. The number of carbonyl (C=O) groups is 1. The van der Waals surface area contributed by atoms with Crippen molar-refractivity contribution in [2.24, 2.45) is 0 Å². The number of hydrogen-bond donors (Lipinski definition) is 2. The normalized spacial score (nSPS) is 12.0. The molecule has 1 aromatic carbocycles. The van der Waals surface area contributed by atoms with Crippen molar-refractivity contribution in [2.75, 3.05) is 24.7 Å². The Morgan fingerprint density at radius 3 is 2.58 bits per heavy atom. The molecular weight excluding hydrogens is 238 g/mol. The van der Waals surface area contributed by atoms with Gasteiger partial charge in [0.15, 0.2) is 0 Å². The zero-order valence-electron chi connectivity index (χ0n) is 12.4. The second-order valence-corrected chi connectivity index (χ2v) is 5.04. The molecule has 1 unspecified atom stereocenters. The number of nitrogen functional groups attached to an aromatic ring is 1. The van der Waals surface area contributed by atoms with Crippen LogP contribution in [0, 0.1) is 0 Å². The molecule has 106 valence electrons. The van der Waals surface area contributed by atoms with Gasteiger partial charge in [0.25, 0.3) is 5.91 Å². The third-order valence-electron chi connectivity index (χ3n) is 3.21. The zero-order chi connectivity index (χ0) is 14.4. The summed E-state index contributed by atoms with van der Waals surface area (Å²) in [6.45, 7) is 4.22. The van der Waals surface area contributed by atoms with Gasteiger partial charge in [-0.1, -0.05) is 20.3 Å². The van der Waals surface area contributed by atoms with Crippen LogP contribution in [0.1, 0.15) is 43.5 Å². The van der Waals surface area contributed by atoms with Gasteiger partial charge in [-0.05, 0) is 31.0 Å². The van der Waals surface area contributed by atoms with Gasteiger partial charge in [0.05, 0.1) is 5.56 Å². The van der Waals surface area contributed by atoms with Gasteiger partial charge in [-0.3, -0.25) is 4.79 Å². The summed E-state index contributed by atoms with van der Waals surface area (Å²) in [5.74, 6) is -0.0451. The van der Waals surface area contributed by atoms with Crippen LogP contribution in [0.4, 0.5) is 11.4 Å². The van der Waals surface area contributed by atoms with E-state index < -0.39 is 0 Å². The molecule has 0 heterocycles. The van der Waals surface area contributed by atoms with E-state index in [0.29, 0.717) is 11.3 Å². The number of benzene rings is 1. The number of nitrogens with two attached hydrogens (primary N) is 1. The van der Waals surface area contributed by atoms with Crippen LogP contribution in [0.2, 0.25) is 0 Å². The Bertz CT molecular complexity index is 429. The van der Waals surface area contributed by atoms with Crippen LogP contribution in [-0.4, -0.2) is 26.0 Å². The van der Waals surface area contributed by atoms with E-state index in [2.05, 4.69) is 19.2 Å². The minimum atomic E-state index is -0.0451. The highest BCUT2D eigenvalue weighted by molar-refractivity contribution is 6.00. The second-order valence-electron chi connectivity index (χ2n) is 5.04. The molecule has 4 heteroatoms. The molecule has 4 nitrogen and oxygen atoms in total. The maximum Gasteiger partial charge on any atom is 0.253 e. The highest BCUT2D eigenvalue weighted by Gasteiger charge is 2.16. The van der Waals surface area contributed by atoms with Crippen LogP contribution in [0.15, 0.2) is 18.2 Å². The lowest BCUT2D eigenvalue weighted by Crippen LogP contribution is -2.35. The molecule has 0 radical (unpaired) electrons. The van der Waals surface area contributed by atoms with Crippen LogP contribution in [0.3, 0.4) is 0 Å². The predicted molar refractivity (Wildman–Crippen MR) is 81.6 cm³/mol. The quantitative estimate of drug-likeness (QED) is 0.776. The van der Waals surface area contributed by atoms with E-state index in [-0.39, 0.29) is 11.9 Å². The number of carbonyl (C=O) groups excluding carboxylic acids is 1. The van der Waals surface area contributed by atoms with Crippen LogP contribution < -0.4 is 16.0 Å². The third-order valence-corrected chi connectivity index (χ3v) is 3.21. The van der Waals surface area contributed by atoms with Gasteiger partial charge >= 0.3 is 0 Å². The van der Waals surface area contributed by atoms with Gasteiger partial charge in [0.1, 0.15) is 0 Å². The fourth-order valence-corrected chi connectivity index (χ4v) is 2.12. The molecule has 1 rings (SSSR count). The number of rotatable bonds is 6. The van der Waals surface area contributed by atoms with Crippen molar-refractivity contribution in [3.05, 3.63) is 23.8 Å². The molecule has 0 spiro atoms. The van der Waals surface area contributed by atoms with E-state index in [1.165, 1.54) is 0 Å². The molecule has 0 fully saturated rings. The Balaban J connectivity index is 2.94. The van der Waals surface area contributed by atoms with E-state index >= 15 is 0 Å². The average Bonchev–Trinajstić information content (AvgIpc) is 2.37. The van der Waals surface area contributed by atoms with Gasteiger partial charge in [0.2, 0.25) is 0 Å². The third kappa shape index (κ3) is 4.16. The van der Waals surface area contributed by atoms with Crippen molar-refractivity contribution in [3.8, 4) is 0 Å². The molecule has 1 aromatic rings. The van der Waals surface area contributed by atoms with Crippen molar-refractivity contribution in [2.45, 2.75) is 39.2 Å². The van der Waals surface area contributed by atoms with Crippen LogP contribution >= 0.6 is 0 Å². The molecule has 0 saturated heterocycles. The van der Waals surface area contributed by atoms with Crippen molar-refractivity contribution in [1.29, 1.82) is 0 Å². The fourth-order valence-electron chi connectivity index (χ4n) is 2.12. The van der Waals surface area contributed by atoms with Crippen molar-refractivity contribution in [1.82, 2.24) is 5.32 Å². The van der Waals surface area contributed by atoms with Crippen LogP contribution in [0.5, 0.6) is 0 Å². The summed E-state index contributed by atoms with van der Waals surface area (Å²) >= 11 is 0. The molecule has 19 heavy (non-hydrogen) atoms. The first kappa shape index (κ1) is 15.3. The smallest absolute Gasteiger partial charge is 0.253 e. The Labute approximate surface area is 116 Å². The minimum Gasteiger partial charge on any atom is -0.399 e. The first-order valence-corrected chi connectivity index (χ1v) is 6.87. The van der Waals surface area contributed by atoms with Crippen molar-refractivity contribution >= 4 is 17.3 Å². The number of anilines is 2. The Morgan fingerprint density at radius 2 is 2.05 bits per heavy atom. The lowest BCUT2D eigenvalue weighted by atomic mass is 10.1. The number of hydrogen-bond acceptors (Lipinski definition) is 3. The summed E-state index contributed by atoms with van der Waals surface area (Å²) in [5, 5.41) is 3.09. The van der Waals surface area contributed by atoms with E-state index in [9.17, 15) is 4.79 Å². The molecule has 0 aliphatic carbocycles. The maximum atomic E-state index is 12.4. The van der Waals surface area contributed by atoms with E-state index in [0.717, 1.165) is 24.9 Å².